The Balaban J connectivity index is 0.887. The van der Waals surface area contributed by atoms with E-state index in [9.17, 15) is 19.5 Å². The van der Waals surface area contributed by atoms with Gasteiger partial charge in [0.1, 0.15) is 48.3 Å². The number of hydrogen-bond acceptors (Lipinski definition) is 15. The Labute approximate surface area is 389 Å². The van der Waals surface area contributed by atoms with Gasteiger partial charge in [-0.05, 0) is 63.1 Å². The van der Waals surface area contributed by atoms with E-state index >= 15 is 0 Å². The maximum Gasteiger partial charge on any atom is 0.246 e. The molecule has 2 fully saturated rings. The van der Waals surface area contributed by atoms with Gasteiger partial charge in [-0.2, -0.15) is 4.98 Å². The minimum atomic E-state index is -0.984. The highest BCUT2D eigenvalue weighted by molar-refractivity contribution is 7.13. The van der Waals surface area contributed by atoms with E-state index in [-0.39, 0.29) is 63.5 Å². The zero-order chi connectivity index (χ0) is 47.1. The minimum absolute atomic E-state index is 0.0247. The van der Waals surface area contributed by atoms with Gasteiger partial charge in [-0.3, -0.25) is 14.4 Å². The van der Waals surface area contributed by atoms with Crippen molar-refractivity contribution in [3.63, 3.8) is 0 Å². The summed E-state index contributed by atoms with van der Waals surface area (Å²) in [6.07, 6.45) is 4.79. The van der Waals surface area contributed by atoms with Gasteiger partial charge in [0.05, 0.1) is 59.3 Å². The van der Waals surface area contributed by atoms with Crippen LogP contribution in [0.2, 0.25) is 0 Å². The van der Waals surface area contributed by atoms with Crippen LogP contribution in [0.4, 0.5) is 17.6 Å². The summed E-state index contributed by atoms with van der Waals surface area (Å²) in [5, 5.41) is 19.9. The van der Waals surface area contributed by atoms with Crippen LogP contribution in [0.25, 0.3) is 21.5 Å². The monoisotopic (exact) mass is 925 g/mol. The molecule has 18 nitrogen and oxygen atoms in total. The van der Waals surface area contributed by atoms with E-state index in [1.54, 1.807) is 30.8 Å². The molecule has 0 aliphatic carbocycles. The number of hydrogen-bond donors (Lipinski definition) is 4. The third-order valence-electron chi connectivity index (χ3n) is 12.0. The van der Waals surface area contributed by atoms with Crippen LogP contribution in [0.3, 0.4) is 0 Å². The fraction of sp³-hybridized carbons (Fsp3) is 0.532. The molecule has 19 heteroatoms. The molecule has 4 N–H and O–H groups in total. The number of aromatic nitrogens is 6. The first-order valence-corrected chi connectivity index (χ1v) is 23.5. The number of imidazole rings is 1. The van der Waals surface area contributed by atoms with Gasteiger partial charge in [0.15, 0.2) is 0 Å². The van der Waals surface area contributed by atoms with E-state index < -0.39 is 35.4 Å². The smallest absolute Gasteiger partial charge is 0.246 e. The number of likely N-dealkylation sites (tertiary alicyclic amines) is 1. The van der Waals surface area contributed by atoms with Crippen LogP contribution in [-0.2, 0) is 35.2 Å². The first kappa shape index (κ1) is 48.3. The zero-order valence-corrected chi connectivity index (χ0v) is 39.9. The summed E-state index contributed by atoms with van der Waals surface area (Å²) in [7, 11) is 1.75. The molecule has 0 saturated carbocycles. The number of carbonyl (C=O) groups is 3. The van der Waals surface area contributed by atoms with Crippen LogP contribution < -0.4 is 20.9 Å². The third kappa shape index (κ3) is 11.7. The summed E-state index contributed by atoms with van der Waals surface area (Å²) >= 11 is 1.57. The average Bonchev–Trinajstić information content (AvgIpc) is 4.02. The molecule has 2 aliphatic rings. The summed E-state index contributed by atoms with van der Waals surface area (Å²) in [5.74, 6) is 1.34. The highest BCUT2D eigenvalue weighted by Gasteiger charge is 2.44. The number of ether oxygens (including phenoxy) is 3. The number of piperidine rings is 1. The summed E-state index contributed by atoms with van der Waals surface area (Å²) in [6, 6.07) is 9.53. The van der Waals surface area contributed by atoms with Gasteiger partial charge >= 0.3 is 0 Å². The van der Waals surface area contributed by atoms with Crippen molar-refractivity contribution in [3.05, 3.63) is 71.4 Å². The molecule has 1 aromatic carbocycles. The number of pyridine rings is 1. The second-order valence-corrected chi connectivity index (χ2v) is 19.2. The van der Waals surface area contributed by atoms with Crippen LogP contribution in [0.15, 0.2) is 54.3 Å². The lowest BCUT2D eigenvalue weighted by molar-refractivity contribution is -0.144. The number of fused-ring (bicyclic) bond motifs is 1. The Morgan fingerprint density at radius 3 is 2.38 bits per heavy atom. The molecule has 66 heavy (non-hydrogen) atoms. The molecule has 354 valence electrons. The normalized spacial score (nSPS) is 17.9. The lowest BCUT2D eigenvalue weighted by Gasteiger charge is -2.35. The maximum absolute atomic E-state index is 14.1. The molecule has 2 saturated heterocycles. The van der Waals surface area contributed by atoms with Gasteiger partial charge in [-0.25, -0.2) is 19.9 Å². The van der Waals surface area contributed by atoms with Crippen molar-refractivity contribution < 1.29 is 33.7 Å². The topological polar surface area (TPSA) is 211 Å². The summed E-state index contributed by atoms with van der Waals surface area (Å²) < 4.78 is 19.3. The number of benzene rings is 1. The molecule has 2 aliphatic heterocycles. The van der Waals surface area contributed by atoms with Crippen molar-refractivity contribution in [1.82, 2.24) is 45.0 Å². The molecular formula is C47H63N11O7S. The van der Waals surface area contributed by atoms with Crippen LogP contribution in [0.5, 0.6) is 0 Å². The number of anilines is 3. The standard InChI is InChI=1S/C47H63N11O7S/c1-28(2)58-36-22-39(53-38-13-16-48-46(54-38)56-17-14-34(63-8)15-18-56)49-23-35(36)52-40(58)25-64-19-20-65-26-41(60)55-43(47(5,6)7)45(62)57-24-33(59)21-37(57)44(61)51-29(3)31-9-11-32(12-10-31)42-30(4)50-27-66-42/h9-13,16,22-23,27-29,33-34,37,43,59H,14-15,17-21,24-26H2,1-8H3,(H,51,61)(H,55,60)(H,48,49,53,54)/t29-,33-,37+,43+/m0/s1. The summed E-state index contributed by atoms with van der Waals surface area (Å²) in [6.45, 7) is 15.4. The Bertz CT molecular complexity index is 2450. The van der Waals surface area contributed by atoms with E-state index in [0.717, 1.165) is 64.5 Å². The number of nitrogens with one attached hydrogen (secondary N) is 3. The second kappa shape index (κ2) is 21.4. The molecule has 0 bridgehead atoms. The highest BCUT2D eigenvalue weighted by Crippen LogP contribution is 2.30. The first-order valence-electron chi connectivity index (χ1n) is 22.6. The lowest BCUT2D eigenvalue weighted by atomic mass is 9.85. The Kier molecular flexibility index (Phi) is 15.6. The van der Waals surface area contributed by atoms with Crippen molar-refractivity contribution in [2.24, 2.45) is 5.41 Å². The number of β-amino-alcohol motifs (C(OH)–C–C–N with tert-alkyl or cyclic N) is 1. The van der Waals surface area contributed by atoms with E-state index in [4.69, 9.17) is 24.2 Å². The molecular weight excluding hydrogens is 863 g/mol. The van der Waals surface area contributed by atoms with Crippen molar-refractivity contribution in [1.29, 1.82) is 0 Å². The van der Waals surface area contributed by atoms with E-state index in [0.29, 0.717) is 17.6 Å². The fourth-order valence-corrected chi connectivity index (χ4v) is 9.26. The van der Waals surface area contributed by atoms with Crippen molar-refractivity contribution in [2.45, 2.75) is 111 Å². The molecule has 6 heterocycles. The zero-order valence-electron chi connectivity index (χ0n) is 39.1. The number of aliphatic hydroxyl groups excluding tert-OH is 1. The minimum Gasteiger partial charge on any atom is -0.391 e. The maximum atomic E-state index is 14.1. The van der Waals surface area contributed by atoms with Crippen LogP contribution >= 0.6 is 11.3 Å². The van der Waals surface area contributed by atoms with Gasteiger partial charge in [-0.1, -0.05) is 45.0 Å². The fourth-order valence-electron chi connectivity index (χ4n) is 8.45. The Morgan fingerprint density at radius 2 is 1.70 bits per heavy atom. The van der Waals surface area contributed by atoms with Crippen LogP contribution in [0.1, 0.15) is 90.0 Å². The summed E-state index contributed by atoms with van der Waals surface area (Å²) in [4.78, 5) is 68.7. The lowest BCUT2D eigenvalue weighted by Crippen LogP contribution is -2.58. The number of aliphatic hydroxyl groups is 1. The molecule has 4 atom stereocenters. The van der Waals surface area contributed by atoms with Gasteiger partial charge in [0, 0.05) is 51.5 Å². The van der Waals surface area contributed by atoms with E-state index in [1.807, 2.05) is 76.5 Å². The Morgan fingerprint density at radius 1 is 0.955 bits per heavy atom. The number of nitrogens with zero attached hydrogens (tertiary/aromatic N) is 8. The number of thiazole rings is 1. The van der Waals surface area contributed by atoms with Gasteiger partial charge < -0.3 is 49.6 Å². The predicted octanol–water partition coefficient (Wildman–Crippen LogP) is 5.50. The summed E-state index contributed by atoms with van der Waals surface area (Å²) in [5.41, 5.74) is 5.62. The molecule has 7 rings (SSSR count). The van der Waals surface area contributed by atoms with Crippen molar-refractivity contribution in [3.8, 4) is 10.4 Å². The van der Waals surface area contributed by atoms with Gasteiger partial charge in [-0.15, -0.1) is 11.3 Å². The van der Waals surface area contributed by atoms with Crippen LogP contribution in [-0.4, -0.2) is 128 Å². The quantitative estimate of drug-likeness (QED) is 0.0801. The third-order valence-corrected chi connectivity index (χ3v) is 13.0. The molecule has 0 spiro atoms. The van der Waals surface area contributed by atoms with Crippen molar-refractivity contribution in [2.75, 3.05) is 56.8 Å². The molecule has 3 amide bonds. The average molecular weight is 926 g/mol. The predicted molar refractivity (Wildman–Crippen MR) is 252 cm³/mol. The number of carbonyl (C=O) groups excluding carboxylic acids is 3. The molecule has 5 aromatic rings. The molecule has 0 unspecified atom stereocenters. The number of amides is 3. The first-order chi connectivity index (χ1) is 31.6. The number of aryl methyl sites for hydroxylation is 1. The van der Waals surface area contributed by atoms with Gasteiger partial charge in [0.2, 0.25) is 23.7 Å². The second-order valence-electron chi connectivity index (χ2n) is 18.3. The molecule has 4 aromatic heterocycles. The number of rotatable bonds is 18. The number of methoxy groups -OCH3 is 1. The Hall–Kier alpha value is -5.60. The molecule has 0 radical (unpaired) electrons. The van der Waals surface area contributed by atoms with E-state index in [1.165, 1.54) is 4.90 Å². The highest BCUT2D eigenvalue weighted by atomic mass is 32.1. The largest absolute Gasteiger partial charge is 0.391 e. The van der Waals surface area contributed by atoms with E-state index in [2.05, 4.69) is 54.2 Å². The van der Waals surface area contributed by atoms with Crippen LogP contribution in [0, 0.1) is 12.3 Å². The van der Waals surface area contributed by atoms with Crippen molar-refractivity contribution >= 4 is 57.7 Å². The SMILES string of the molecule is COC1CCN(c2nccc(Nc3cc4c(cn3)nc(COCCOCC(=O)N[C@H](C(=O)N3C[C@@H](O)C[C@@H]3C(=O)N[C@@H](C)c3ccc(-c5scnc5C)cc3)C(C)(C)C)n4C(C)C)n2)CC1. The van der Waals surface area contributed by atoms with Gasteiger partial charge in [0.25, 0.3) is 0 Å².